The monoisotopic (exact) mass is 559 g/mol. The second-order valence-electron chi connectivity index (χ2n) is 9.83. The first kappa shape index (κ1) is 24.7. The number of aromatic amines is 1. The van der Waals surface area contributed by atoms with Crippen LogP contribution in [0.4, 0.5) is 23.1 Å². The van der Waals surface area contributed by atoms with E-state index in [1.54, 1.807) is 23.5 Å². The van der Waals surface area contributed by atoms with Gasteiger partial charge in [-0.2, -0.15) is 10.1 Å². The molecule has 0 bridgehead atoms. The Labute approximate surface area is 238 Å². The molecule has 0 saturated heterocycles. The Kier molecular flexibility index (Phi) is 5.68. The molecule has 0 atom stereocenters. The maximum Gasteiger partial charge on any atom is 0.250 e. The highest BCUT2D eigenvalue weighted by molar-refractivity contribution is 7.17. The summed E-state index contributed by atoms with van der Waals surface area (Å²) in [7, 11) is 3.97. The molecule has 3 aromatic carbocycles. The van der Waals surface area contributed by atoms with Crippen LogP contribution >= 0.6 is 11.3 Å². The van der Waals surface area contributed by atoms with Crippen LogP contribution in [-0.4, -0.2) is 42.7 Å². The number of rotatable bonds is 6. The molecule has 4 aromatic heterocycles. The zero-order valence-corrected chi connectivity index (χ0v) is 23.3. The SMILES string of the molecule is Cc1c2ccc(N(C)c3nc(Nc4ccc(-c5nc6c(C(N)=O)cccc6[nH]5)cc4)nc4ccsc34)cc2nn1C. The molecule has 0 aliphatic carbocycles. The van der Waals surface area contributed by atoms with E-state index in [1.165, 1.54) is 0 Å². The lowest BCUT2D eigenvalue weighted by atomic mass is 10.2. The molecular weight excluding hydrogens is 534 g/mol. The fourth-order valence-electron chi connectivity index (χ4n) is 4.99. The second-order valence-corrected chi connectivity index (χ2v) is 10.7. The Hall–Kier alpha value is -5.29. The van der Waals surface area contributed by atoms with Gasteiger partial charge in [0.1, 0.15) is 11.3 Å². The number of aryl methyl sites for hydroxylation is 2. The standard InChI is InChI=1S/C30H25N9OS/c1-16-20-12-11-19(15-24(20)37-39(16)3)38(2)29-26-23(13-14-41-26)34-30(36-29)32-18-9-7-17(8-10-18)28-33-22-6-4-5-21(27(31)40)25(22)35-28/h4-15H,1-3H3,(H2,31,40)(H,33,35)(H,32,34,36). The van der Waals surface area contributed by atoms with Crippen molar-refractivity contribution in [1.29, 1.82) is 0 Å². The summed E-state index contributed by atoms with van der Waals surface area (Å²) < 4.78 is 2.90. The van der Waals surface area contributed by atoms with Crippen LogP contribution < -0.4 is 16.0 Å². The van der Waals surface area contributed by atoms with E-state index >= 15 is 0 Å². The third-order valence-corrected chi connectivity index (χ3v) is 8.20. The Morgan fingerprint density at radius 3 is 2.66 bits per heavy atom. The van der Waals surface area contributed by atoms with Gasteiger partial charge in [-0.05, 0) is 73.0 Å². The Morgan fingerprint density at radius 1 is 1.02 bits per heavy atom. The van der Waals surface area contributed by atoms with Crippen LogP contribution in [0.3, 0.4) is 0 Å². The first-order valence-electron chi connectivity index (χ1n) is 12.9. The number of hydrogen-bond donors (Lipinski definition) is 3. The number of benzene rings is 3. The van der Waals surface area contributed by atoms with Gasteiger partial charge >= 0.3 is 0 Å². The van der Waals surface area contributed by atoms with Crippen LogP contribution in [0, 0.1) is 6.92 Å². The van der Waals surface area contributed by atoms with Crippen molar-refractivity contribution in [3.05, 3.63) is 83.4 Å². The second kappa shape index (κ2) is 9.42. The van der Waals surface area contributed by atoms with E-state index in [0.29, 0.717) is 22.9 Å². The van der Waals surface area contributed by atoms with E-state index in [4.69, 9.17) is 15.7 Å². The van der Waals surface area contributed by atoms with Crippen molar-refractivity contribution in [3.63, 3.8) is 0 Å². The Bertz CT molecular complexity index is 2110. The van der Waals surface area contributed by atoms with E-state index in [9.17, 15) is 4.79 Å². The maximum absolute atomic E-state index is 11.8. The molecule has 0 aliphatic rings. The number of thiophene rings is 1. The van der Waals surface area contributed by atoms with Crippen molar-refractivity contribution in [3.8, 4) is 11.4 Å². The summed E-state index contributed by atoms with van der Waals surface area (Å²) in [6, 6.07) is 21.4. The quantitative estimate of drug-likeness (QED) is 0.226. The third kappa shape index (κ3) is 4.23. The van der Waals surface area contributed by atoms with Gasteiger partial charge in [0.2, 0.25) is 5.95 Å². The number of para-hydroxylation sites is 1. The molecular formula is C30H25N9OS. The van der Waals surface area contributed by atoms with Crippen molar-refractivity contribution in [2.45, 2.75) is 6.92 Å². The molecule has 4 heterocycles. The minimum Gasteiger partial charge on any atom is -0.366 e. The molecule has 4 N–H and O–H groups in total. The number of anilines is 4. The molecule has 41 heavy (non-hydrogen) atoms. The normalized spacial score (nSPS) is 11.5. The summed E-state index contributed by atoms with van der Waals surface area (Å²) >= 11 is 1.61. The van der Waals surface area contributed by atoms with Gasteiger partial charge in [0.25, 0.3) is 5.91 Å². The van der Waals surface area contributed by atoms with Crippen LogP contribution in [0.25, 0.3) is 43.5 Å². The number of carbonyl (C=O) groups excluding carboxylic acids is 1. The van der Waals surface area contributed by atoms with Gasteiger partial charge < -0.3 is 20.9 Å². The number of amides is 1. The summed E-state index contributed by atoms with van der Waals surface area (Å²) in [4.78, 5) is 31.4. The number of H-pyrrole nitrogens is 1. The first-order chi connectivity index (χ1) is 19.9. The highest BCUT2D eigenvalue weighted by Crippen LogP contribution is 2.35. The molecule has 10 nitrogen and oxygen atoms in total. The van der Waals surface area contributed by atoms with Gasteiger partial charge in [-0.15, -0.1) is 11.3 Å². The predicted octanol–water partition coefficient (Wildman–Crippen LogP) is 6.04. The van der Waals surface area contributed by atoms with Gasteiger partial charge in [0.05, 0.1) is 26.8 Å². The molecule has 0 radical (unpaired) electrons. The lowest BCUT2D eigenvalue weighted by molar-refractivity contribution is 0.100. The topological polar surface area (TPSA) is 131 Å². The summed E-state index contributed by atoms with van der Waals surface area (Å²) in [6.07, 6.45) is 0. The predicted molar refractivity (Wildman–Crippen MR) is 164 cm³/mol. The molecule has 1 amide bonds. The lowest BCUT2D eigenvalue weighted by Crippen LogP contribution is -2.12. The molecule has 7 aromatic rings. The van der Waals surface area contributed by atoms with Gasteiger partial charge in [0.15, 0.2) is 5.82 Å². The molecule has 11 heteroatoms. The van der Waals surface area contributed by atoms with Gasteiger partial charge in [-0.3, -0.25) is 9.48 Å². The van der Waals surface area contributed by atoms with Gasteiger partial charge in [-0.1, -0.05) is 6.07 Å². The number of carbonyl (C=O) groups is 1. The average molecular weight is 560 g/mol. The van der Waals surface area contributed by atoms with Gasteiger partial charge in [-0.25, -0.2) is 9.97 Å². The number of aromatic nitrogens is 6. The van der Waals surface area contributed by atoms with Gasteiger partial charge in [0, 0.05) is 42.1 Å². The molecule has 0 aliphatic heterocycles. The van der Waals surface area contributed by atoms with Crippen LogP contribution in [0.1, 0.15) is 16.1 Å². The summed E-state index contributed by atoms with van der Waals surface area (Å²) in [5.74, 6) is 1.45. The summed E-state index contributed by atoms with van der Waals surface area (Å²) in [6.45, 7) is 2.07. The Morgan fingerprint density at radius 2 is 1.85 bits per heavy atom. The summed E-state index contributed by atoms with van der Waals surface area (Å²) in [5, 5.41) is 11.2. The van der Waals surface area contributed by atoms with E-state index in [-0.39, 0.29) is 0 Å². The Balaban J connectivity index is 1.19. The number of primary amides is 1. The highest BCUT2D eigenvalue weighted by Gasteiger charge is 2.17. The number of imidazole rings is 1. The number of nitrogens with two attached hydrogens (primary N) is 1. The number of nitrogens with zero attached hydrogens (tertiary/aromatic N) is 6. The van der Waals surface area contributed by atoms with E-state index in [2.05, 4.69) is 50.4 Å². The largest absolute Gasteiger partial charge is 0.366 e. The summed E-state index contributed by atoms with van der Waals surface area (Å²) in [5.41, 5.74) is 12.9. The molecule has 0 unspecified atom stereocenters. The van der Waals surface area contributed by atoms with E-state index < -0.39 is 5.91 Å². The maximum atomic E-state index is 11.8. The smallest absolute Gasteiger partial charge is 0.250 e. The average Bonchev–Trinajstić information content (AvgIpc) is 3.69. The molecule has 0 spiro atoms. The van der Waals surface area contributed by atoms with E-state index in [1.807, 2.05) is 60.6 Å². The fourth-order valence-corrected chi connectivity index (χ4v) is 5.85. The van der Waals surface area contributed by atoms with Crippen molar-refractivity contribution in [2.24, 2.45) is 12.8 Å². The van der Waals surface area contributed by atoms with Crippen LogP contribution in [0.2, 0.25) is 0 Å². The molecule has 0 saturated carbocycles. The van der Waals surface area contributed by atoms with Crippen molar-refractivity contribution >= 4 is 72.5 Å². The molecule has 0 fully saturated rings. The van der Waals surface area contributed by atoms with Crippen molar-refractivity contribution in [1.82, 2.24) is 29.7 Å². The van der Waals surface area contributed by atoms with E-state index in [0.717, 1.165) is 55.1 Å². The number of hydrogen-bond acceptors (Lipinski definition) is 8. The number of nitrogens with one attached hydrogen (secondary N) is 2. The van der Waals surface area contributed by atoms with Crippen LogP contribution in [0.15, 0.2) is 72.1 Å². The van der Waals surface area contributed by atoms with Crippen LogP contribution in [-0.2, 0) is 7.05 Å². The van der Waals surface area contributed by atoms with Crippen molar-refractivity contribution in [2.75, 3.05) is 17.3 Å². The van der Waals surface area contributed by atoms with Crippen LogP contribution in [0.5, 0.6) is 0 Å². The number of fused-ring (bicyclic) bond motifs is 3. The molecule has 202 valence electrons. The third-order valence-electron chi connectivity index (χ3n) is 7.30. The first-order valence-corrected chi connectivity index (χ1v) is 13.8. The van der Waals surface area contributed by atoms with Crippen molar-refractivity contribution < 1.29 is 4.79 Å². The zero-order valence-electron chi connectivity index (χ0n) is 22.5. The fraction of sp³-hybridized carbons (Fsp3) is 0.100. The lowest BCUT2D eigenvalue weighted by Gasteiger charge is -2.20. The molecule has 7 rings (SSSR count). The zero-order chi connectivity index (χ0) is 28.2. The highest BCUT2D eigenvalue weighted by atomic mass is 32.1. The minimum absolute atomic E-state index is 0.389. The minimum atomic E-state index is -0.506.